The number of carbonyl (C=O) groups is 2. The molecule has 0 bridgehead atoms. The number of alkyl carbamates (subject to hydrolysis) is 1. The first-order valence-electron chi connectivity index (χ1n) is 6.04. The zero-order valence-corrected chi connectivity index (χ0v) is 11.5. The molecule has 0 saturated heterocycles. The van der Waals surface area contributed by atoms with Gasteiger partial charge in [-0.25, -0.2) is 4.79 Å². The topological polar surface area (TPSA) is 67.4 Å². The monoisotopic (exact) mass is 304 g/mol. The van der Waals surface area contributed by atoms with Crippen LogP contribution in [-0.2, 0) is 15.7 Å². The van der Waals surface area contributed by atoms with Crippen molar-refractivity contribution in [3.8, 4) is 0 Å². The van der Waals surface area contributed by atoms with Gasteiger partial charge in [-0.05, 0) is 31.2 Å². The molecule has 2 amide bonds. The maximum Gasteiger partial charge on any atom is 0.416 e. The Kier molecular flexibility index (Phi) is 5.57. The molecule has 0 fully saturated rings. The van der Waals surface area contributed by atoms with Crippen molar-refractivity contribution >= 4 is 17.7 Å². The number of ether oxygens (including phenoxy) is 1. The number of amides is 2. The van der Waals surface area contributed by atoms with E-state index >= 15 is 0 Å². The summed E-state index contributed by atoms with van der Waals surface area (Å²) < 4.78 is 41.4. The fraction of sp³-hybridized carbons (Fsp3) is 0.385. The van der Waals surface area contributed by atoms with E-state index in [1.807, 2.05) is 5.32 Å². The number of imide groups is 1. The minimum absolute atomic E-state index is 0.0316. The van der Waals surface area contributed by atoms with Crippen molar-refractivity contribution in [3.63, 3.8) is 0 Å². The Morgan fingerprint density at radius 2 is 1.81 bits per heavy atom. The Labute approximate surface area is 119 Å². The normalized spacial score (nSPS) is 12.4. The maximum atomic E-state index is 12.4. The van der Waals surface area contributed by atoms with Gasteiger partial charge >= 0.3 is 12.3 Å². The molecule has 0 aromatic heterocycles. The summed E-state index contributed by atoms with van der Waals surface area (Å²) in [5.41, 5.74) is -0.300. The minimum Gasteiger partial charge on any atom is -0.453 e. The lowest BCUT2D eigenvalue weighted by Crippen LogP contribution is -2.33. The number of nitrogens with one attached hydrogen (secondary N) is 2. The number of hydrogen-bond acceptors (Lipinski definition) is 4. The van der Waals surface area contributed by atoms with Crippen LogP contribution in [0.3, 0.4) is 0 Å². The van der Waals surface area contributed by atoms with Gasteiger partial charge in [-0.1, -0.05) is 0 Å². The van der Waals surface area contributed by atoms with Gasteiger partial charge in [0.05, 0.1) is 12.7 Å². The Balaban J connectivity index is 2.53. The molecule has 1 atom stereocenters. The van der Waals surface area contributed by atoms with Gasteiger partial charge < -0.3 is 10.1 Å². The summed E-state index contributed by atoms with van der Waals surface area (Å²) in [6.45, 7) is 1.66. The van der Waals surface area contributed by atoms with E-state index < -0.39 is 23.7 Å². The third-order valence-electron chi connectivity index (χ3n) is 2.54. The van der Waals surface area contributed by atoms with E-state index in [4.69, 9.17) is 0 Å². The minimum atomic E-state index is -4.38. The number of rotatable bonds is 4. The average Bonchev–Trinajstić information content (AvgIpc) is 2.37. The Hall–Kier alpha value is -2.25. The van der Waals surface area contributed by atoms with Crippen molar-refractivity contribution in [3.05, 3.63) is 29.8 Å². The van der Waals surface area contributed by atoms with Gasteiger partial charge in [0, 0.05) is 18.2 Å². The van der Waals surface area contributed by atoms with Crippen molar-refractivity contribution in [1.82, 2.24) is 5.32 Å². The summed E-state index contributed by atoms with van der Waals surface area (Å²) in [6, 6.07) is 4.08. The summed E-state index contributed by atoms with van der Waals surface area (Å²) in [4.78, 5) is 22.2. The molecule has 21 heavy (non-hydrogen) atoms. The molecular weight excluding hydrogens is 289 g/mol. The van der Waals surface area contributed by atoms with Gasteiger partial charge in [0.2, 0.25) is 5.91 Å². The summed E-state index contributed by atoms with van der Waals surface area (Å²) in [5, 5.41) is 4.85. The second-order valence-electron chi connectivity index (χ2n) is 4.36. The van der Waals surface area contributed by atoms with Crippen molar-refractivity contribution < 1.29 is 27.5 Å². The predicted molar refractivity (Wildman–Crippen MR) is 69.7 cm³/mol. The van der Waals surface area contributed by atoms with Gasteiger partial charge in [0.15, 0.2) is 0 Å². The molecular formula is C13H15F3N2O3. The van der Waals surface area contributed by atoms with Crippen molar-refractivity contribution in [1.29, 1.82) is 0 Å². The van der Waals surface area contributed by atoms with E-state index in [0.29, 0.717) is 5.69 Å². The molecule has 2 N–H and O–H groups in total. The number of halogens is 3. The molecule has 0 aliphatic carbocycles. The van der Waals surface area contributed by atoms with Crippen molar-refractivity contribution in [2.75, 3.05) is 12.4 Å². The molecule has 8 heteroatoms. The number of anilines is 1. The summed E-state index contributed by atoms with van der Waals surface area (Å²) in [7, 11) is 1.13. The Morgan fingerprint density at radius 3 is 2.29 bits per heavy atom. The molecule has 1 aromatic rings. The smallest absolute Gasteiger partial charge is 0.416 e. The molecule has 0 aliphatic rings. The summed E-state index contributed by atoms with van der Waals surface area (Å²) in [6.07, 6.45) is -5.28. The van der Waals surface area contributed by atoms with Crippen molar-refractivity contribution in [2.45, 2.75) is 25.6 Å². The highest BCUT2D eigenvalue weighted by Crippen LogP contribution is 2.29. The first kappa shape index (κ1) is 16.8. The second kappa shape index (κ2) is 6.96. The zero-order valence-electron chi connectivity index (χ0n) is 11.5. The molecule has 1 rings (SSSR count). The first-order valence-corrected chi connectivity index (χ1v) is 6.04. The number of benzene rings is 1. The molecule has 0 saturated carbocycles. The lowest BCUT2D eigenvalue weighted by atomic mass is 10.1. The van der Waals surface area contributed by atoms with E-state index in [0.717, 1.165) is 19.2 Å². The Morgan fingerprint density at radius 1 is 1.24 bits per heavy atom. The van der Waals surface area contributed by atoms with E-state index in [1.165, 1.54) is 12.1 Å². The highest BCUT2D eigenvalue weighted by Gasteiger charge is 2.29. The van der Waals surface area contributed by atoms with E-state index in [9.17, 15) is 22.8 Å². The first-order chi connectivity index (χ1) is 9.72. The molecule has 116 valence electrons. The fourth-order valence-corrected chi connectivity index (χ4v) is 1.58. The van der Waals surface area contributed by atoms with Crippen LogP contribution in [0.4, 0.5) is 23.7 Å². The standard InChI is InChI=1S/C13H15F3N2O3/c1-8(7-11(19)18-12(20)21-2)17-10-5-3-9(4-6-10)13(14,15)16/h3-6,8,17H,7H2,1-2H3,(H,18,19,20)/t8-/m0/s1. The van der Waals surface area contributed by atoms with Crippen LogP contribution < -0.4 is 10.6 Å². The van der Waals surface area contributed by atoms with Gasteiger partial charge in [0.25, 0.3) is 0 Å². The van der Waals surface area contributed by atoms with Gasteiger partial charge in [0.1, 0.15) is 0 Å². The Bertz CT molecular complexity index is 500. The van der Waals surface area contributed by atoms with E-state index in [1.54, 1.807) is 6.92 Å². The molecule has 1 aromatic carbocycles. The van der Waals surface area contributed by atoms with Crippen LogP contribution in [0, 0.1) is 0 Å². The summed E-state index contributed by atoms with van der Waals surface area (Å²) in [5.74, 6) is -0.547. The van der Waals surface area contributed by atoms with Crippen LogP contribution in [0.15, 0.2) is 24.3 Å². The fourth-order valence-electron chi connectivity index (χ4n) is 1.58. The lowest BCUT2D eigenvalue weighted by Gasteiger charge is -2.15. The van der Waals surface area contributed by atoms with Crippen molar-refractivity contribution in [2.24, 2.45) is 0 Å². The van der Waals surface area contributed by atoms with E-state index in [-0.39, 0.29) is 12.5 Å². The van der Waals surface area contributed by atoms with Crippen LogP contribution >= 0.6 is 0 Å². The number of carbonyl (C=O) groups excluding carboxylic acids is 2. The largest absolute Gasteiger partial charge is 0.453 e. The van der Waals surface area contributed by atoms with Gasteiger partial charge in [-0.2, -0.15) is 13.2 Å². The number of alkyl halides is 3. The average molecular weight is 304 g/mol. The van der Waals surface area contributed by atoms with Crippen LogP contribution in [0.25, 0.3) is 0 Å². The third-order valence-corrected chi connectivity index (χ3v) is 2.54. The quantitative estimate of drug-likeness (QED) is 0.897. The van der Waals surface area contributed by atoms with Crippen LogP contribution in [-0.4, -0.2) is 25.2 Å². The van der Waals surface area contributed by atoms with Crippen LogP contribution in [0.1, 0.15) is 18.9 Å². The molecule has 0 radical (unpaired) electrons. The van der Waals surface area contributed by atoms with Gasteiger partial charge in [-0.15, -0.1) is 0 Å². The zero-order chi connectivity index (χ0) is 16.0. The highest BCUT2D eigenvalue weighted by molar-refractivity contribution is 5.92. The SMILES string of the molecule is COC(=O)NC(=O)C[C@H](C)Nc1ccc(C(F)(F)F)cc1. The van der Waals surface area contributed by atoms with Gasteiger partial charge in [-0.3, -0.25) is 10.1 Å². The van der Waals surface area contributed by atoms with Crippen LogP contribution in [0.5, 0.6) is 0 Å². The lowest BCUT2D eigenvalue weighted by molar-refractivity contribution is -0.137. The number of methoxy groups -OCH3 is 1. The second-order valence-corrected chi connectivity index (χ2v) is 4.36. The molecule has 5 nitrogen and oxygen atoms in total. The predicted octanol–water partition coefficient (Wildman–Crippen LogP) is 2.78. The maximum absolute atomic E-state index is 12.4. The van der Waals surface area contributed by atoms with E-state index in [2.05, 4.69) is 10.1 Å². The molecule has 0 unspecified atom stereocenters. The third kappa shape index (κ3) is 5.72. The number of hydrogen-bond donors (Lipinski definition) is 2. The molecule has 0 aliphatic heterocycles. The highest BCUT2D eigenvalue weighted by atomic mass is 19.4. The van der Waals surface area contributed by atoms with Crippen LogP contribution in [0.2, 0.25) is 0 Å². The summed E-state index contributed by atoms with van der Waals surface area (Å²) >= 11 is 0. The molecule has 0 heterocycles. The molecule has 0 spiro atoms.